The monoisotopic (exact) mass is 288 g/mol. The van der Waals surface area contributed by atoms with Crippen LogP contribution in [0.3, 0.4) is 0 Å². The molecule has 21 heavy (non-hydrogen) atoms. The predicted octanol–water partition coefficient (Wildman–Crippen LogP) is 2.35. The first-order valence-corrected chi connectivity index (χ1v) is 7.00. The summed E-state index contributed by atoms with van der Waals surface area (Å²) in [5, 5.41) is 9.67. The van der Waals surface area contributed by atoms with Gasteiger partial charge in [-0.2, -0.15) is 5.10 Å². The lowest BCUT2D eigenvalue weighted by atomic mass is 10.2. The van der Waals surface area contributed by atoms with Crippen molar-refractivity contribution in [2.24, 2.45) is 0 Å². The van der Waals surface area contributed by atoms with Gasteiger partial charge < -0.3 is 15.8 Å². The second-order valence-corrected chi connectivity index (χ2v) is 4.74. The number of aromatic nitrogens is 2. The van der Waals surface area contributed by atoms with Crippen LogP contribution in [0.2, 0.25) is 0 Å². The minimum atomic E-state index is -0.125. The van der Waals surface area contributed by atoms with Gasteiger partial charge in [0.1, 0.15) is 5.75 Å². The number of hydrogen-bond acceptors (Lipinski definition) is 4. The minimum Gasteiger partial charge on any atom is -0.493 e. The molecule has 0 bridgehead atoms. The number of ether oxygens (including phenoxy) is 1. The molecule has 0 saturated carbocycles. The van der Waals surface area contributed by atoms with Crippen molar-refractivity contribution in [3.8, 4) is 5.75 Å². The van der Waals surface area contributed by atoms with E-state index >= 15 is 0 Å². The van der Waals surface area contributed by atoms with Crippen LogP contribution in [0, 0.1) is 0 Å². The molecule has 112 valence electrons. The van der Waals surface area contributed by atoms with Gasteiger partial charge in [-0.15, -0.1) is 0 Å². The highest BCUT2D eigenvalue weighted by Gasteiger charge is 2.06. The van der Waals surface area contributed by atoms with E-state index in [1.165, 1.54) is 0 Å². The number of aromatic amines is 1. The topological polar surface area (TPSA) is 93.0 Å². The molecule has 0 unspecified atom stereocenters. The van der Waals surface area contributed by atoms with Crippen LogP contribution in [-0.2, 0) is 11.2 Å². The Morgan fingerprint density at radius 2 is 2.14 bits per heavy atom. The second kappa shape index (κ2) is 7.33. The van der Waals surface area contributed by atoms with Gasteiger partial charge in [-0.3, -0.25) is 9.89 Å². The van der Waals surface area contributed by atoms with Crippen molar-refractivity contribution in [2.75, 3.05) is 17.7 Å². The number of nitrogens with zero attached hydrogens (tertiary/aromatic N) is 1. The molecule has 1 aromatic carbocycles. The van der Waals surface area contributed by atoms with E-state index < -0.39 is 0 Å². The van der Waals surface area contributed by atoms with Crippen LogP contribution in [0.1, 0.15) is 25.5 Å². The number of carbonyl (C=O) groups is 1. The van der Waals surface area contributed by atoms with Gasteiger partial charge in [0.2, 0.25) is 5.91 Å². The Balaban J connectivity index is 1.72. The smallest absolute Gasteiger partial charge is 0.229 e. The van der Waals surface area contributed by atoms with Crippen LogP contribution in [0.5, 0.6) is 5.75 Å². The van der Waals surface area contributed by atoms with E-state index in [1.807, 2.05) is 6.07 Å². The van der Waals surface area contributed by atoms with E-state index in [-0.39, 0.29) is 12.3 Å². The molecule has 0 aliphatic rings. The fraction of sp³-hybridized carbons (Fsp3) is 0.333. The molecule has 1 amide bonds. The number of amides is 1. The SMILES string of the molecule is CCCc1cc(NC(=O)CCOc2ccc(N)cc2)n[nH]1. The van der Waals surface area contributed by atoms with Gasteiger partial charge in [0.25, 0.3) is 0 Å². The molecule has 2 aromatic rings. The van der Waals surface area contributed by atoms with Gasteiger partial charge in [0.15, 0.2) is 5.82 Å². The molecule has 1 heterocycles. The van der Waals surface area contributed by atoms with E-state index in [9.17, 15) is 4.79 Å². The molecule has 0 fully saturated rings. The van der Waals surface area contributed by atoms with Crippen molar-refractivity contribution in [1.29, 1.82) is 0 Å². The number of H-pyrrole nitrogens is 1. The molecule has 6 heteroatoms. The molecule has 0 atom stereocenters. The quantitative estimate of drug-likeness (QED) is 0.682. The van der Waals surface area contributed by atoms with E-state index in [2.05, 4.69) is 22.4 Å². The second-order valence-electron chi connectivity index (χ2n) is 4.74. The van der Waals surface area contributed by atoms with Crippen LogP contribution < -0.4 is 15.8 Å². The summed E-state index contributed by atoms with van der Waals surface area (Å²) < 4.78 is 5.47. The number of hydrogen-bond donors (Lipinski definition) is 3. The summed E-state index contributed by atoms with van der Waals surface area (Å²) in [6.45, 7) is 2.40. The zero-order chi connectivity index (χ0) is 15.1. The summed E-state index contributed by atoms with van der Waals surface area (Å²) in [6, 6.07) is 8.92. The maximum atomic E-state index is 11.8. The molecule has 1 aromatic heterocycles. The fourth-order valence-electron chi connectivity index (χ4n) is 1.85. The maximum Gasteiger partial charge on any atom is 0.229 e. The third-order valence-corrected chi connectivity index (χ3v) is 2.90. The van der Waals surface area contributed by atoms with Crippen molar-refractivity contribution >= 4 is 17.4 Å². The summed E-state index contributed by atoms with van der Waals surface area (Å²) in [5.74, 6) is 1.12. The molecule has 0 spiro atoms. The van der Waals surface area contributed by atoms with E-state index in [0.29, 0.717) is 23.9 Å². The first-order chi connectivity index (χ1) is 10.2. The van der Waals surface area contributed by atoms with Crippen molar-refractivity contribution in [3.63, 3.8) is 0 Å². The van der Waals surface area contributed by atoms with Crippen LogP contribution >= 0.6 is 0 Å². The number of carbonyl (C=O) groups excluding carboxylic acids is 1. The molecular weight excluding hydrogens is 268 g/mol. The van der Waals surface area contributed by atoms with Gasteiger partial charge >= 0.3 is 0 Å². The minimum absolute atomic E-state index is 0.125. The normalized spacial score (nSPS) is 10.3. The lowest BCUT2D eigenvalue weighted by molar-refractivity contribution is -0.116. The molecule has 0 saturated heterocycles. The lowest BCUT2D eigenvalue weighted by Gasteiger charge is -2.06. The first-order valence-electron chi connectivity index (χ1n) is 7.00. The van der Waals surface area contributed by atoms with Crippen molar-refractivity contribution in [1.82, 2.24) is 10.2 Å². The number of benzene rings is 1. The van der Waals surface area contributed by atoms with Crippen LogP contribution in [0.15, 0.2) is 30.3 Å². The number of aryl methyl sites for hydroxylation is 1. The Kier molecular flexibility index (Phi) is 5.20. The highest BCUT2D eigenvalue weighted by atomic mass is 16.5. The predicted molar refractivity (Wildman–Crippen MR) is 82.2 cm³/mol. The summed E-state index contributed by atoms with van der Waals surface area (Å²) in [4.78, 5) is 11.8. The van der Waals surface area contributed by atoms with E-state index in [4.69, 9.17) is 10.5 Å². The average molecular weight is 288 g/mol. The third-order valence-electron chi connectivity index (χ3n) is 2.90. The van der Waals surface area contributed by atoms with Gasteiger partial charge in [-0.05, 0) is 30.7 Å². The molecular formula is C15H20N4O2. The van der Waals surface area contributed by atoms with Gasteiger partial charge in [-0.1, -0.05) is 13.3 Å². The van der Waals surface area contributed by atoms with Crippen LogP contribution in [0.4, 0.5) is 11.5 Å². The first kappa shape index (κ1) is 14.9. The Labute approximate surface area is 123 Å². The molecule has 6 nitrogen and oxygen atoms in total. The summed E-state index contributed by atoms with van der Waals surface area (Å²) in [7, 11) is 0. The van der Waals surface area contributed by atoms with Crippen LogP contribution in [0.25, 0.3) is 0 Å². The highest BCUT2D eigenvalue weighted by molar-refractivity contribution is 5.89. The Morgan fingerprint density at radius 3 is 2.86 bits per heavy atom. The zero-order valence-electron chi connectivity index (χ0n) is 12.1. The summed E-state index contributed by atoms with van der Waals surface area (Å²) in [6.07, 6.45) is 2.22. The number of anilines is 2. The van der Waals surface area contributed by atoms with Gasteiger partial charge in [-0.25, -0.2) is 0 Å². The lowest BCUT2D eigenvalue weighted by Crippen LogP contribution is -2.15. The summed E-state index contributed by atoms with van der Waals surface area (Å²) >= 11 is 0. The summed E-state index contributed by atoms with van der Waals surface area (Å²) in [5.41, 5.74) is 7.28. The van der Waals surface area contributed by atoms with Gasteiger partial charge in [0.05, 0.1) is 13.0 Å². The molecule has 0 aliphatic carbocycles. The Hall–Kier alpha value is -2.50. The number of rotatable bonds is 7. The van der Waals surface area contributed by atoms with Crippen LogP contribution in [-0.4, -0.2) is 22.7 Å². The Morgan fingerprint density at radius 1 is 1.38 bits per heavy atom. The zero-order valence-corrected chi connectivity index (χ0v) is 12.1. The molecule has 2 rings (SSSR count). The molecule has 0 radical (unpaired) electrons. The van der Waals surface area contributed by atoms with Crippen molar-refractivity contribution in [2.45, 2.75) is 26.2 Å². The fourth-order valence-corrected chi connectivity index (χ4v) is 1.85. The van der Waals surface area contributed by atoms with E-state index in [1.54, 1.807) is 24.3 Å². The number of nitrogen functional groups attached to an aromatic ring is 1. The largest absolute Gasteiger partial charge is 0.493 e. The standard InChI is InChI=1S/C15H20N4O2/c1-2-3-12-10-14(19-18-12)17-15(20)8-9-21-13-6-4-11(16)5-7-13/h4-7,10H,2-3,8-9,16H2,1H3,(H2,17,18,19,20). The van der Waals surface area contributed by atoms with Gasteiger partial charge in [0, 0.05) is 17.4 Å². The maximum absolute atomic E-state index is 11.8. The number of nitrogens with one attached hydrogen (secondary N) is 2. The highest BCUT2D eigenvalue weighted by Crippen LogP contribution is 2.13. The Bertz CT molecular complexity index is 578. The molecule has 4 N–H and O–H groups in total. The third kappa shape index (κ3) is 4.83. The van der Waals surface area contributed by atoms with E-state index in [0.717, 1.165) is 18.5 Å². The average Bonchev–Trinajstić information content (AvgIpc) is 2.89. The van der Waals surface area contributed by atoms with Crippen molar-refractivity contribution < 1.29 is 9.53 Å². The molecule has 0 aliphatic heterocycles. The number of nitrogens with two attached hydrogens (primary N) is 1. The van der Waals surface area contributed by atoms with Crippen molar-refractivity contribution in [3.05, 3.63) is 36.0 Å².